The third-order valence-electron chi connectivity index (χ3n) is 2.81. The molecule has 1 aliphatic heterocycles. The minimum absolute atomic E-state index is 0.260. The molecule has 1 fully saturated rings. The fourth-order valence-corrected chi connectivity index (χ4v) is 1.90. The SMILES string of the molecule is CC(C)CC1COC(C(C)(C)C)CN1. The van der Waals surface area contributed by atoms with Gasteiger partial charge in [0.2, 0.25) is 0 Å². The number of morpholine rings is 1. The van der Waals surface area contributed by atoms with E-state index in [1.54, 1.807) is 0 Å². The van der Waals surface area contributed by atoms with Gasteiger partial charge in [0.25, 0.3) is 0 Å². The summed E-state index contributed by atoms with van der Waals surface area (Å²) in [5, 5.41) is 3.58. The first-order chi connectivity index (χ1) is 6.39. The molecule has 0 aromatic rings. The molecule has 0 saturated carbocycles. The molecule has 2 nitrogen and oxygen atoms in total. The molecule has 84 valence electrons. The van der Waals surface area contributed by atoms with Crippen LogP contribution in [-0.2, 0) is 4.74 Å². The van der Waals surface area contributed by atoms with E-state index in [9.17, 15) is 0 Å². The van der Waals surface area contributed by atoms with Crippen LogP contribution in [0, 0.1) is 11.3 Å². The molecule has 2 atom stereocenters. The van der Waals surface area contributed by atoms with E-state index >= 15 is 0 Å². The van der Waals surface area contributed by atoms with Crippen LogP contribution in [0.1, 0.15) is 41.0 Å². The Hall–Kier alpha value is -0.0800. The zero-order chi connectivity index (χ0) is 10.8. The van der Waals surface area contributed by atoms with Gasteiger partial charge in [0.1, 0.15) is 0 Å². The van der Waals surface area contributed by atoms with Gasteiger partial charge in [0.05, 0.1) is 12.7 Å². The first-order valence-corrected chi connectivity index (χ1v) is 5.74. The quantitative estimate of drug-likeness (QED) is 0.737. The normalized spacial score (nSPS) is 29.6. The molecular weight excluding hydrogens is 174 g/mol. The predicted molar refractivity (Wildman–Crippen MR) is 60.4 cm³/mol. The number of nitrogens with one attached hydrogen (secondary N) is 1. The number of ether oxygens (including phenoxy) is 1. The summed E-state index contributed by atoms with van der Waals surface area (Å²) in [6.07, 6.45) is 1.59. The van der Waals surface area contributed by atoms with Crippen molar-refractivity contribution in [3.63, 3.8) is 0 Å². The molecule has 0 spiro atoms. The van der Waals surface area contributed by atoms with Gasteiger partial charge in [-0.15, -0.1) is 0 Å². The van der Waals surface area contributed by atoms with E-state index in [1.165, 1.54) is 6.42 Å². The van der Waals surface area contributed by atoms with Gasteiger partial charge in [0.15, 0.2) is 0 Å². The van der Waals surface area contributed by atoms with E-state index in [0.29, 0.717) is 12.1 Å². The molecule has 2 unspecified atom stereocenters. The second-order valence-corrected chi connectivity index (χ2v) is 5.92. The molecule has 0 amide bonds. The molecule has 0 aromatic carbocycles. The average molecular weight is 199 g/mol. The average Bonchev–Trinajstić information content (AvgIpc) is 2.02. The number of hydrogen-bond acceptors (Lipinski definition) is 2. The van der Waals surface area contributed by atoms with Gasteiger partial charge in [0, 0.05) is 12.6 Å². The van der Waals surface area contributed by atoms with Gasteiger partial charge in [-0.2, -0.15) is 0 Å². The van der Waals surface area contributed by atoms with Gasteiger partial charge >= 0.3 is 0 Å². The van der Waals surface area contributed by atoms with E-state index in [2.05, 4.69) is 39.9 Å². The highest BCUT2D eigenvalue weighted by molar-refractivity contribution is 4.83. The van der Waals surface area contributed by atoms with Crippen LogP contribution < -0.4 is 5.32 Å². The summed E-state index contributed by atoms with van der Waals surface area (Å²) < 4.78 is 5.89. The molecule has 1 saturated heterocycles. The highest BCUT2D eigenvalue weighted by Gasteiger charge is 2.30. The van der Waals surface area contributed by atoms with Crippen LogP contribution in [0.2, 0.25) is 0 Å². The maximum Gasteiger partial charge on any atom is 0.0748 e. The van der Waals surface area contributed by atoms with Crippen molar-refractivity contribution in [2.24, 2.45) is 11.3 Å². The first-order valence-electron chi connectivity index (χ1n) is 5.74. The van der Waals surface area contributed by atoms with Crippen LogP contribution in [0.4, 0.5) is 0 Å². The molecular formula is C12H25NO. The predicted octanol–water partition coefficient (Wildman–Crippen LogP) is 2.44. The third-order valence-corrected chi connectivity index (χ3v) is 2.81. The van der Waals surface area contributed by atoms with Crippen LogP contribution >= 0.6 is 0 Å². The van der Waals surface area contributed by atoms with E-state index < -0.39 is 0 Å². The van der Waals surface area contributed by atoms with Crippen LogP contribution in [0.15, 0.2) is 0 Å². The molecule has 14 heavy (non-hydrogen) atoms. The van der Waals surface area contributed by atoms with E-state index in [-0.39, 0.29) is 5.41 Å². The van der Waals surface area contributed by atoms with Crippen molar-refractivity contribution in [2.75, 3.05) is 13.2 Å². The summed E-state index contributed by atoms with van der Waals surface area (Å²) in [7, 11) is 0. The lowest BCUT2D eigenvalue weighted by molar-refractivity contribution is -0.0562. The molecule has 1 aliphatic rings. The smallest absolute Gasteiger partial charge is 0.0748 e. The summed E-state index contributed by atoms with van der Waals surface area (Å²) in [4.78, 5) is 0. The van der Waals surface area contributed by atoms with E-state index in [0.717, 1.165) is 19.1 Å². The van der Waals surface area contributed by atoms with Crippen LogP contribution in [0.3, 0.4) is 0 Å². The van der Waals surface area contributed by atoms with Crippen molar-refractivity contribution >= 4 is 0 Å². The minimum Gasteiger partial charge on any atom is -0.375 e. The fraction of sp³-hybridized carbons (Fsp3) is 1.00. The summed E-state index contributed by atoms with van der Waals surface area (Å²) in [5.74, 6) is 0.752. The summed E-state index contributed by atoms with van der Waals surface area (Å²) in [5.41, 5.74) is 0.260. The Labute approximate surface area is 88.4 Å². The van der Waals surface area contributed by atoms with Crippen molar-refractivity contribution < 1.29 is 4.74 Å². The van der Waals surface area contributed by atoms with Crippen molar-refractivity contribution in [3.05, 3.63) is 0 Å². The van der Waals surface area contributed by atoms with E-state index in [1.807, 2.05) is 0 Å². The first kappa shape index (κ1) is 12.0. The molecule has 0 aromatic heterocycles. The van der Waals surface area contributed by atoms with Crippen molar-refractivity contribution in [1.29, 1.82) is 0 Å². The highest BCUT2D eigenvalue weighted by atomic mass is 16.5. The second-order valence-electron chi connectivity index (χ2n) is 5.92. The monoisotopic (exact) mass is 199 g/mol. The largest absolute Gasteiger partial charge is 0.375 e. The second kappa shape index (κ2) is 4.63. The molecule has 0 bridgehead atoms. The number of rotatable bonds is 2. The highest BCUT2D eigenvalue weighted by Crippen LogP contribution is 2.24. The fourth-order valence-electron chi connectivity index (χ4n) is 1.90. The molecule has 1 N–H and O–H groups in total. The summed E-state index contributed by atoms with van der Waals surface area (Å²) >= 11 is 0. The Morgan fingerprint density at radius 1 is 1.36 bits per heavy atom. The van der Waals surface area contributed by atoms with Crippen molar-refractivity contribution in [3.8, 4) is 0 Å². The van der Waals surface area contributed by atoms with Gasteiger partial charge in [-0.1, -0.05) is 34.6 Å². The van der Waals surface area contributed by atoms with Gasteiger partial charge in [-0.25, -0.2) is 0 Å². The number of hydrogen-bond donors (Lipinski definition) is 1. The lowest BCUT2D eigenvalue weighted by atomic mass is 9.87. The molecule has 1 heterocycles. The Bertz CT molecular complexity index is 164. The van der Waals surface area contributed by atoms with Gasteiger partial charge in [-0.3, -0.25) is 0 Å². The Morgan fingerprint density at radius 3 is 2.36 bits per heavy atom. The summed E-state index contributed by atoms with van der Waals surface area (Å²) in [6.45, 7) is 13.1. The van der Waals surface area contributed by atoms with Crippen LogP contribution in [-0.4, -0.2) is 25.3 Å². The van der Waals surface area contributed by atoms with E-state index in [4.69, 9.17) is 4.74 Å². The lowest BCUT2D eigenvalue weighted by Gasteiger charge is -2.38. The van der Waals surface area contributed by atoms with Crippen LogP contribution in [0.5, 0.6) is 0 Å². The zero-order valence-electron chi connectivity index (χ0n) is 10.3. The standard InChI is InChI=1S/C12H25NO/c1-9(2)6-10-8-14-11(7-13-10)12(3,4)5/h9-11,13H,6-8H2,1-5H3. The Kier molecular flexibility index (Phi) is 3.96. The molecule has 2 heteroatoms. The topological polar surface area (TPSA) is 21.3 Å². The molecule has 1 rings (SSSR count). The molecule has 0 aliphatic carbocycles. The Morgan fingerprint density at radius 2 is 2.00 bits per heavy atom. The maximum absolute atomic E-state index is 5.89. The summed E-state index contributed by atoms with van der Waals surface area (Å²) in [6, 6.07) is 0.564. The maximum atomic E-state index is 5.89. The van der Waals surface area contributed by atoms with Crippen LogP contribution in [0.25, 0.3) is 0 Å². The van der Waals surface area contributed by atoms with Crippen molar-refractivity contribution in [1.82, 2.24) is 5.32 Å². The third kappa shape index (κ3) is 3.58. The lowest BCUT2D eigenvalue weighted by Crippen LogP contribution is -2.51. The molecule has 0 radical (unpaired) electrons. The zero-order valence-corrected chi connectivity index (χ0v) is 10.3. The van der Waals surface area contributed by atoms with Crippen molar-refractivity contribution in [2.45, 2.75) is 53.2 Å². The Balaban J connectivity index is 2.31. The van der Waals surface area contributed by atoms with Gasteiger partial charge < -0.3 is 10.1 Å². The van der Waals surface area contributed by atoms with Gasteiger partial charge in [-0.05, 0) is 17.8 Å². The minimum atomic E-state index is 0.260.